The predicted molar refractivity (Wildman–Crippen MR) is 103 cm³/mol. The molecule has 6 nitrogen and oxygen atoms in total. The fourth-order valence-corrected chi connectivity index (χ4v) is 3.48. The molecule has 1 aromatic heterocycles. The maximum Gasteiger partial charge on any atom is 0.416 e. The number of pyridine rings is 1. The zero-order chi connectivity index (χ0) is 21.6. The molecule has 0 saturated carbocycles. The van der Waals surface area contributed by atoms with E-state index in [1.165, 1.54) is 12.3 Å². The Labute approximate surface area is 171 Å². The van der Waals surface area contributed by atoms with E-state index in [1.54, 1.807) is 24.4 Å². The molecule has 3 rings (SSSR count). The van der Waals surface area contributed by atoms with E-state index in [9.17, 15) is 22.8 Å². The summed E-state index contributed by atoms with van der Waals surface area (Å²) in [5.41, 5.74) is -1.18. The van der Waals surface area contributed by atoms with Crippen LogP contribution in [0.15, 0.2) is 48.8 Å². The maximum atomic E-state index is 13.2. The number of amides is 2. The second-order valence-electron chi connectivity index (χ2n) is 7.03. The highest BCUT2D eigenvalue weighted by molar-refractivity contribution is 5.93. The van der Waals surface area contributed by atoms with Crippen molar-refractivity contribution in [1.29, 1.82) is 0 Å². The highest BCUT2D eigenvalue weighted by Gasteiger charge is 2.42. The molecule has 0 radical (unpaired) electrons. The number of nitrogens with zero attached hydrogens (tertiary/aromatic N) is 1. The van der Waals surface area contributed by atoms with Crippen molar-refractivity contribution in [2.24, 2.45) is 0 Å². The number of halogens is 3. The maximum absolute atomic E-state index is 13.2. The van der Waals surface area contributed by atoms with Gasteiger partial charge in [-0.25, -0.2) is 0 Å². The minimum atomic E-state index is -4.49. The molecule has 160 valence electrons. The van der Waals surface area contributed by atoms with Gasteiger partial charge in [-0.05, 0) is 36.6 Å². The van der Waals surface area contributed by atoms with Gasteiger partial charge in [0.1, 0.15) is 0 Å². The van der Waals surface area contributed by atoms with Crippen molar-refractivity contribution in [2.45, 2.75) is 24.4 Å². The number of ether oxygens (including phenoxy) is 1. The van der Waals surface area contributed by atoms with E-state index in [4.69, 9.17) is 4.74 Å². The molecule has 1 aliphatic rings. The van der Waals surface area contributed by atoms with Crippen molar-refractivity contribution in [2.75, 3.05) is 26.3 Å². The Kier molecular flexibility index (Phi) is 6.71. The summed E-state index contributed by atoms with van der Waals surface area (Å²) in [6, 6.07) is 8.14. The summed E-state index contributed by atoms with van der Waals surface area (Å²) in [7, 11) is 0. The molecule has 2 amide bonds. The van der Waals surface area contributed by atoms with Crippen LogP contribution in [0, 0.1) is 0 Å². The Balaban J connectivity index is 1.67. The van der Waals surface area contributed by atoms with E-state index in [0.29, 0.717) is 11.1 Å². The molecule has 9 heteroatoms. The zero-order valence-corrected chi connectivity index (χ0v) is 16.2. The number of benzene rings is 1. The van der Waals surface area contributed by atoms with Gasteiger partial charge in [-0.3, -0.25) is 14.6 Å². The topological polar surface area (TPSA) is 80.3 Å². The van der Waals surface area contributed by atoms with Crippen molar-refractivity contribution in [3.63, 3.8) is 0 Å². The number of hydrogen-bond donors (Lipinski definition) is 2. The van der Waals surface area contributed by atoms with Crippen LogP contribution in [0.4, 0.5) is 13.2 Å². The quantitative estimate of drug-likeness (QED) is 0.703. The lowest BCUT2D eigenvalue weighted by molar-refractivity contribution is -0.138. The van der Waals surface area contributed by atoms with Gasteiger partial charge in [0, 0.05) is 38.7 Å². The Hall–Kier alpha value is -2.94. The van der Waals surface area contributed by atoms with E-state index < -0.39 is 17.2 Å². The largest absolute Gasteiger partial charge is 0.416 e. The van der Waals surface area contributed by atoms with Crippen molar-refractivity contribution in [3.05, 3.63) is 65.5 Å². The highest BCUT2D eigenvalue weighted by atomic mass is 19.4. The molecule has 1 aliphatic heterocycles. The smallest absolute Gasteiger partial charge is 0.381 e. The lowest BCUT2D eigenvalue weighted by atomic mass is 9.73. The molecule has 0 aliphatic carbocycles. The summed E-state index contributed by atoms with van der Waals surface area (Å²) >= 11 is 0. The van der Waals surface area contributed by atoms with E-state index in [1.807, 2.05) is 0 Å². The third-order valence-electron chi connectivity index (χ3n) is 5.14. The van der Waals surface area contributed by atoms with Gasteiger partial charge >= 0.3 is 6.18 Å². The standard InChI is InChI=1S/C21H22F3N3O3/c22-21(23,24)17-5-1-4-16(13-17)20(6-11-30-12-7-20)19(29)27-10-9-26-18(28)15-3-2-8-25-14-15/h1-5,8,13-14H,6-7,9-12H2,(H,26,28)(H,27,29). The van der Waals surface area contributed by atoms with E-state index in [-0.39, 0.29) is 51.0 Å². The third kappa shape index (κ3) is 4.96. The summed E-state index contributed by atoms with van der Waals surface area (Å²) in [6.07, 6.45) is -0.948. The van der Waals surface area contributed by atoms with Crippen LogP contribution in [-0.4, -0.2) is 43.1 Å². The van der Waals surface area contributed by atoms with Crippen molar-refractivity contribution in [1.82, 2.24) is 15.6 Å². The van der Waals surface area contributed by atoms with Crippen molar-refractivity contribution < 1.29 is 27.5 Å². The summed E-state index contributed by atoms with van der Waals surface area (Å²) < 4.78 is 44.8. The molecule has 2 heterocycles. The minimum absolute atomic E-state index is 0.145. The highest BCUT2D eigenvalue weighted by Crippen LogP contribution is 2.38. The first-order valence-corrected chi connectivity index (χ1v) is 9.55. The van der Waals surface area contributed by atoms with Gasteiger partial charge in [0.25, 0.3) is 5.91 Å². The first-order valence-electron chi connectivity index (χ1n) is 9.55. The molecule has 2 N–H and O–H groups in total. The molecule has 0 atom stereocenters. The molecule has 0 unspecified atom stereocenters. The molecular weight excluding hydrogens is 399 g/mol. The van der Waals surface area contributed by atoms with Gasteiger partial charge in [-0.1, -0.05) is 18.2 Å². The van der Waals surface area contributed by atoms with Crippen molar-refractivity contribution >= 4 is 11.8 Å². The number of hydrogen-bond acceptors (Lipinski definition) is 4. The van der Waals surface area contributed by atoms with Crippen LogP contribution in [0.3, 0.4) is 0 Å². The second-order valence-corrected chi connectivity index (χ2v) is 7.03. The average molecular weight is 421 g/mol. The molecular formula is C21H22F3N3O3. The van der Waals surface area contributed by atoms with Crippen LogP contribution < -0.4 is 10.6 Å². The molecule has 1 saturated heterocycles. The van der Waals surface area contributed by atoms with Crippen LogP contribution in [-0.2, 0) is 21.1 Å². The summed E-state index contributed by atoms with van der Waals surface area (Å²) in [5.74, 6) is -0.697. The normalized spacial score (nSPS) is 16.0. The molecule has 1 fully saturated rings. The zero-order valence-electron chi connectivity index (χ0n) is 16.2. The van der Waals surface area contributed by atoms with Crippen molar-refractivity contribution in [3.8, 4) is 0 Å². The summed E-state index contributed by atoms with van der Waals surface area (Å²) in [4.78, 5) is 28.9. The Bertz CT molecular complexity index is 882. The van der Waals surface area contributed by atoms with Crippen LogP contribution in [0.2, 0.25) is 0 Å². The lowest BCUT2D eigenvalue weighted by Crippen LogP contribution is -2.49. The van der Waals surface area contributed by atoms with Gasteiger partial charge in [0.2, 0.25) is 5.91 Å². The fourth-order valence-electron chi connectivity index (χ4n) is 3.48. The molecule has 0 spiro atoms. The molecule has 2 aromatic rings. The van der Waals surface area contributed by atoms with Crippen LogP contribution >= 0.6 is 0 Å². The lowest BCUT2D eigenvalue weighted by Gasteiger charge is -2.36. The summed E-state index contributed by atoms with van der Waals surface area (Å²) in [5, 5.41) is 5.42. The van der Waals surface area contributed by atoms with Gasteiger partial charge in [-0.2, -0.15) is 13.2 Å². The second kappa shape index (κ2) is 9.25. The minimum Gasteiger partial charge on any atom is -0.381 e. The van der Waals surface area contributed by atoms with Crippen LogP contribution in [0.25, 0.3) is 0 Å². The summed E-state index contributed by atoms with van der Waals surface area (Å²) in [6.45, 7) is 0.879. The fraction of sp³-hybridized carbons (Fsp3) is 0.381. The SMILES string of the molecule is O=C(NCCNC(=O)C1(c2cccc(C(F)(F)F)c2)CCOCC1)c1cccnc1. The Morgan fingerprint density at radius 3 is 2.47 bits per heavy atom. The van der Waals surface area contributed by atoms with Gasteiger partial charge in [-0.15, -0.1) is 0 Å². The molecule has 1 aromatic carbocycles. The van der Waals surface area contributed by atoms with E-state index >= 15 is 0 Å². The number of nitrogens with one attached hydrogen (secondary N) is 2. The Morgan fingerprint density at radius 1 is 1.07 bits per heavy atom. The van der Waals surface area contributed by atoms with Gasteiger partial charge in [0.05, 0.1) is 16.5 Å². The number of carbonyl (C=O) groups excluding carboxylic acids is 2. The number of alkyl halides is 3. The van der Waals surface area contributed by atoms with E-state index in [0.717, 1.165) is 12.1 Å². The predicted octanol–water partition coefficient (Wildman–Crippen LogP) is 2.69. The average Bonchev–Trinajstić information content (AvgIpc) is 2.77. The first kappa shape index (κ1) is 21.8. The Morgan fingerprint density at radius 2 is 1.80 bits per heavy atom. The monoisotopic (exact) mass is 421 g/mol. The number of aromatic nitrogens is 1. The van der Waals surface area contributed by atoms with Crippen LogP contribution in [0.1, 0.15) is 34.3 Å². The number of carbonyl (C=O) groups is 2. The van der Waals surface area contributed by atoms with Crippen LogP contribution in [0.5, 0.6) is 0 Å². The molecule has 30 heavy (non-hydrogen) atoms. The third-order valence-corrected chi connectivity index (χ3v) is 5.14. The molecule has 0 bridgehead atoms. The van der Waals surface area contributed by atoms with E-state index in [2.05, 4.69) is 15.6 Å². The van der Waals surface area contributed by atoms with Gasteiger partial charge in [0.15, 0.2) is 0 Å². The first-order chi connectivity index (χ1) is 14.3. The van der Waals surface area contributed by atoms with Gasteiger partial charge < -0.3 is 15.4 Å². The number of rotatable bonds is 6.